The number of hydrogen-bond acceptors (Lipinski definition) is 4. The standard InChI is InChI=1S/C25H28N4O2/c1-18-7-6-14-29(16-18)17-21-9-3-2-8-20(21)15-27-24(30)25(31)28-22-12-4-10-19-11-5-13-26-23(19)22/h2-5,8-13,18H,6-7,14-17H2,1H3,(H,27,30)(H,28,31). The molecule has 160 valence electrons. The van der Waals surface area contributed by atoms with Gasteiger partial charge in [-0.15, -0.1) is 0 Å². The van der Waals surface area contributed by atoms with Crippen LogP contribution in [0.5, 0.6) is 0 Å². The lowest BCUT2D eigenvalue weighted by molar-refractivity contribution is -0.136. The maximum Gasteiger partial charge on any atom is 0.313 e. The fourth-order valence-electron chi connectivity index (χ4n) is 4.20. The summed E-state index contributed by atoms with van der Waals surface area (Å²) in [6, 6.07) is 17.3. The molecule has 4 rings (SSSR count). The van der Waals surface area contributed by atoms with Crippen molar-refractivity contribution in [2.24, 2.45) is 5.92 Å². The van der Waals surface area contributed by atoms with Crippen LogP contribution in [0.1, 0.15) is 30.9 Å². The Balaban J connectivity index is 1.38. The van der Waals surface area contributed by atoms with E-state index in [4.69, 9.17) is 0 Å². The molecule has 1 fully saturated rings. The van der Waals surface area contributed by atoms with Crippen molar-refractivity contribution in [2.75, 3.05) is 18.4 Å². The summed E-state index contributed by atoms with van der Waals surface area (Å²) >= 11 is 0. The first kappa shape index (κ1) is 21.0. The van der Waals surface area contributed by atoms with E-state index < -0.39 is 11.8 Å². The van der Waals surface area contributed by atoms with Crippen molar-refractivity contribution < 1.29 is 9.59 Å². The van der Waals surface area contributed by atoms with Crippen molar-refractivity contribution >= 4 is 28.4 Å². The van der Waals surface area contributed by atoms with Gasteiger partial charge in [0.1, 0.15) is 0 Å². The first-order valence-corrected chi connectivity index (χ1v) is 10.8. The number of carbonyl (C=O) groups is 2. The van der Waals surface area contributed by atoms with Crippen LogP contribution in [0, 0.1) is 5.92 Å². The van der Waals surface area contributed by atoms with E-state index in [1.807, 2.05) is 42.5 Å². The van der Waals surface area contributed by atoms with Gasteiger partial charge in [0.15, 0.2) is 0 Å². The number of aromatic nitrogens is 1. The molecule has 1 saturated heterocycles. The minimum absolute atomic E-state index is 0.319. The van der Waals surface area contributed by atoms with Crippen LogP contribution >= 0.6 is 0 Å². The number of fused-ring (bicyclic) bond motifs is 1. The highest BCUT2D eigenvalue weighted by molar-refractivity contribution is 6.40. The van der Waals surface area contributed by atoms with Crippen molar-refractivity contribution in [3.05, 3.63) is 71.9 Å². The minimum Gasteiger partial charge on any atom is -0.344 e. The molecule has 31 heavy (non-hydrogen) atoms. The molecule has 0 aliphatic carbocycles. The van der Waals surface area contributed by atoms with Gasteiger partial charge >= 0.3 is 11.8 Å². The predicted octanol–water partition coefficient (Wildman–Crippen LogP) is 3.72. The van der Waals surface area contributed by atoms with Crippen LogP contribution in [0.15, 0.2) is 60.8 Å². The van der Waals surface area contributed by atoms with Gasteiger partial charge in [0.05, 0.1) is 11.2 Å². The maximum atomic E-state index is 12.5. The number of hydrogen-bond donors (Lipinski definition) is 2. The zero-order chi connectivity index (χ0) is 21.6. The predicted molar refractivity (Wildman–Crippen MR) is 122 cm³/mol. The van der Waals surface area contributed by atoms with Gasteiger partial charge in [-0.3, -0.25) is 19.5 Å². The zero-order valence-corrected chi connectivity index (χ0v) is 17.8. The second-order valence-electron chi connectivity index (χ2n) is 8.27. The molecule has 2 N–H and O–H groups in total. The summed E-state index contributed by atoms with van der Waals surface area (Å²) in [5, 5.41) is 6.35. The normalized spacial score (nSPS) is 16.7. The highest BCUT2D eigenvalue weighted by Crippen LogP contribution is 2.21. The van der Waals surface area contributed by atoms with Gasteiger partial charge in [-0.25, -0.2) is 0 Å². The SMILES string of the molecule is CC1CCCN(Cc2ccccc2CNC(=O)C(=O)Nc2cccc3cccnc23)C1. The molecule has 3 aromatic rings. The number of piperidine rings is 1. The van der Waals surface area contributed by atoms with Gasteiger partial charge in [0.25, 0.3) is 0 Å². The number of amides is 2. The van der Waals surface area contributed by atoms with Gasteiger partial charge in [0, 0.05) is 31.2 Å². The van der Waals surface area contributed by atoms with Gasteiger partial charge < -0.3 is 10.6 Å². The summed E-state index contributed by atoms with van der Waals surface area (Å²) in [6.07, 6.45) is 4.18. The third kappa shape index (κ3) is 5.27. The summed E-state index contributed by atoms with van der Waals surface area (Å²) in [6.45, 7) is 5.68. The van der Waals surface area contributed by atoms with Crippen LogP contribution in [-0.4, -0.2) is 34.8 Å². The van der Waals surface area contributed by atoms with Crippen LogP contribution in [0.2, 0.25) is 0 Å². The molecule has 6 nitrogen and oxygen atoms in total. The van der Waals surface area contributed by atoms with Crippen molar-refractivity contribution in [3.8, 4) is 0 Å². The van der Waals surface area contributed by atoms with Gasteiger partial charge in [-0.1, -0.05) is 49.4 Å². The second-order valence-corrected chi connectivity index (χ2v) is 8.27. The minimum atomic E-state index is -0.694. The number of benzene rings is 2. The lowest BCUT2D eigenvalue weighted by atomic mass is 9.99. The average Bonchev–Trinajstić information content (AvgIpc) is 2.78. The molecule has 2 amide bonds. The molecule has 1 unspecified atom stereocenters. The number of para-hydroxylation sites is 1. The van der Waals surface area contributed by atoms with Crippen LogP contribution in [0.3, 0.4) is 0 Å². The Bertz CT molecular complexity index is 1080. The lowest BCUT2D eigenvalue weighted by Gasteiger charge is -2.31. The van der Waals surface area contributed by atoms with Crippen LogP contribution in [-0.2, 0) is 22.7 Å². The fourth-order valence-corrected chi connectivity index (χ4v) is 4.20. The van der Waals surface area contributed by atoms with Crippen LogP contribution < -0.4 is 10.6 Å². The Hall–Kier alpha value is -3.25. The summed E-state index contributed by atoms with van der Waals surface area (Å²) in [4.78, 5) is 31.7. The van der Waals surface area contributed by atoms with E-state index in [1.165, 1.54) is 18.4 Å². The summed E-state index contributed by atoms with van der Waals surface area (Å²) in [5.41, 5.74) is 3.41. The molecule has 1 aliphatic heterocycles. The number of anilines is 1. The third-order valence-corrected chi connectivity index (χ3v) is 5.78. The number of rotatable bonds is 5. The smallest absolute Gasteiger partial charge is 0.313 e. The number of nitrogens with zero attached hydrogens (tertiary/aromatic N) is 2. The van der Waals surface area contributed by atoms with Crippen molar-refractivity contribution in [1.82, 2.24) is 15.2 Å². The molecular weight excluding hydrogens is 388 g/mol. The number of pyridine rings is 1. The van der Waals surface area contributed by atoms with E-state index in [0.717, 1.165) is 30.6 Å². The average molecular weight is 417 g/mol. The third-order valence-electron chi connectivity index (χ3n) is 5.78. The van der Waals surface area contributed by atoms with E-state index in [9.17, 15) is 9.59 Å². The molecular formula is C25H28N4O2. The second kappa shape index (κ2) is 9.71. The van der Waals surface area contributed by atoms with E-state index in [2.05, 4.69) is 33.5 Å². The summed E-state index contributed by atoms with van der Waals surface area (Å²) < 4.78 is 0. The molecule has 1 aromatic heterocycles. The van der Waals surface area contributed by atoms with E-state index >= 15 is 0 Å². The summed E-state index contributed by atoms with van der Waals surface area (Å²) in [5.74, 6) is -0.636. The Morgan fingerprint density at radius 2 is 1.84 bits per heavy atom. The molecule has 1 aliphatic rings. The molecule has 0 bridgehead atoms. The van der Waals surface area contributed by atoms with Gasteiger partial charge in [-0.2, -0.15) is 0 Å². The van der Waals surface area contributed by atoms with Crippen LogP contribution in [0.25, 0.3) is 10.9 Å². The number of carbonyl (C=O) groups excluding carboxylic acids is 2. The Kier molecular flexibility index (Phi) is 6.57. The molecule has 6 heteroatoms. The van der Waals surface area contributed by atoms with Crippen molar-refractivity contribution in [3.63, 3.8) is 0 Å². The topological polar surface area (TPSA) is 74.3 Å². The monoisotopic (exact) mass is 416 g/mol. The molecule has 2 aromatic carbocycles. The largest absolute Gasteiger partial charge is 0.344 e. The number of nitrogens with one attached hydrogen (secondary N) is 2. The van der Waals surface area contributed by atoms with Crippen LogP contribution in [0.4, 0.5) is 5.69 Å². The van der Waals surface area contributed by atoms with Crippen molar-refractivity contribution in [1.29, 1.82) is 0 Å². The first-order valence-electron chi connectivity index (χ1n) is 10.8. The lowest BCUT2D eigenvalue weighted by Crippen LogP contribution is -2.36. The highest BCUT2D eigenvalue weighted by atomic mass is 16.2. The maximum absolute atomic E-state index is 12.5. The van der Waals surface area contributed by atoms with E-state index in [0.29, 0.717) is 23.7 Å². The first-order chi connectivity index (χ1) is 15.1. The Morgan fingerprint density at radius 1 is 1.03 bits per heavy atom. The van der Waals surface area contributed by atoms with E-state index in [1.54, 1.807) is 12.3 Å². The van der Waals surface area contributed by atoms with Gasteiger partial charge in [0.2, 0.25) is 0 Å². The molecule has 1 atom stereocenters. The molecule has 2 heterocycles. The fraction of sp³-hybridized carbons (Fsp3) is 0.320. The van der Waals surface area contributed by atoms with Crippen molar-refractivity contribution in [2.45, 2.75) is 32.9 Å². The van der Waals surface area contributed by atoms with E-state index in [-0.39, 0.29) is 0 Å². The molecule has 0 spiro atoms. The Labute approximate surface area is 182 Å². The molecule has 0 radical (unpaired) electrons. The quantitative estimate of drug-likeness (QED) is 0.622. The summed E-state index contributed by atoms with van der Waals surface area (Å²) in [7, 11) is 0. The number of likely N-dealkylation sites (tertiary alicyclic amines) is 1. The zero-order valence-electron chi connectivity index (χ0n) is 17.8. The highest BCUT2D eigenvalue weighted by Gasteiger charge is 2.19. The van der Waals surface area contributed by atoms with Gasteiger partial charge in [-0.05, 0) is 48.6 Å². The Morgan fingerprint density at radius 3 is 2.68 bits per heavy atom. The molecule has 0 saturated carbocycles.